The first-order valence-corrected chi connectivity index (χ1v) is 9.46. The van der Waals surface area contributed by atoms with Crippen LogP contribution in [0.4, 0.5) is 14.5 Å². The minimum atomic E-state index is -2.48. The molecule has 0 aliphatic carbocycles. The van der Waals surface area contributed by atoms with E-state index >= 15 is 0 Å². The van der Waals surface area contributed by atoms with Gasteiger partial charge in [-0.2, -0.15) is 8.78 Å². The summed E-state index contributed by atoms with van der Waals surface area (Å²) in [6.07, 6.45) is 0.0186. The van der Waals surface area contributed by atoms with Crippen molar-refractivity contribution in [2.45, 2.75) is 36.2 Å². The molecule has 9 heteroatoms. The fourth-order valence-electron chi connectivity index (χ4n) is 1.98. The van der Waals surface area contributed by atoms with Crippen molar-refractivity contribution in [3.8, 4) is 0 Å². The lowest BCUT2D eigenvalue weighted by Crippen LogP contribution is -2.28. The van der Waals surface area contributed by atoms with Gasteiger partial charge in [-0.1, -0.05) is 37.4 Å². The molecule has 1 atom stereocenters. The number of aliphatic imine (C=N–C) groups is 1. The number of amidine groups is 1. The standard InChI is InChI=1S/C16H19F2N3O2S2/c1-9(2)8-19-16-21-14(23)12(25-16)7-13(22)20-10-3-5-11(6-4-10)24-15(17)18/h3-6,9,12,15H,7-8H2,1-2H3,(H,20,22)(H,19,21,23)/t12-/m1/s1. The molecule has 0 aromatic heterocycles. The topological polar surface area (TPSA) is 70.6 Å². The molecule has 0 bridgehead atoms. The van der Waals surface area contributed by atoms with Crippen LogP contribution in [-0.4, -0.2) is 34.5 Å². The predicted octanol–water partition coefficient (Wildman–Crippen LogP) is 3.57. The van der Waals surface area contributed by atoms with Gasteiger partial charge in [0.15, 0.2) is 5.17 Å². The second-order valence-corrected chi connectivity index (χ2v) is 8.05. The lowest BCUT2D eigenvalue weighted by Gasteiger charge is -2.08. The monoisotopic (exact) mass is 387 g/mol. The molecule has 25 heavy (non-hydrogen) atoms. The van der Waals surface area contributed by atoms with Gasteiger partial charge in [0.2, 0.25) is 11.8 Å². The van der Waals surface area contributed by atoms with Gasteiger partial charge in [0, 0.05) is 23.5 Å². The van der Waals surface area contributed by atoms with E-state index in [1.165, 1.54) is 23.9 Å². The molecule has 0 unspecified atom stereocenters. The third kappa shape index (κ3) is 6.66. The molecule has 1 aromatic rings. The highest BCUT2D eigenvalue weighted by Crippen LogP contribution is 2.27. The third-order valence-electron chi connectivity index (χ3n) is 3.11. The summed E-state index contributed by atoms with van der Waals surface area (Å²) < 4.78 is 24.5. The third-order valence-corrected chi connectivity index (χ3v) is 4.95. The predicted molar refractivity (Wildman–Crippen MR) is 98.2 cm³/mol. The van der Waals surface area contributed by atoms with Crippen LogP contribution in [0.15, 0.2) is 34.2 Å². The second kappa shape index (κ2) is 9.19. The molecular weight excluding hydrogens is 368 g/mol. The highest BCUT2D eigenvalue weighted by molar-refractivity contribution is 8.15. The van der Waals surface area contributed by atoms with Crippen LogP contribution >= 0.6 is 23.5 Å². The molecular formula is C16H19F2N3O2S2. The maximum absolute atomic E-state index is 12.3. The number of nitrogens with one attached hydrogen (secondary N) is 2. The zero-order valence-corrected chi connectivity index (χ0v) is 15.4. The van der Waals surface area contributed by atoms with Crippen LogP contribution in [0, 0.1) is 5.92 Å². The van der Waals surface area contributed by atoms with E-state index in [4.69, 9.17) is 0 Å². The van der Waals surface area contributed by atoms with Crippen molar-refractivity contribution in [2.24, 2.45) is 10.9 Å². The second-order valence-electron chi connectivity index (χ2n) is 5.79. The van der Waals surface area contributed by atoms with Gasteiger partial charge >= 0.3 is 0 Å². The number of thioether (sulfide) groups is 2. The summed E-state index contributed by atoms with van der Waals surface area (Å²) in [5.41, 5.74) is 0.501. The number of rotatable bonds is 7. The lowest BCUT2D eigenvalue weighted by atomic mass is 10.2. The lowest BCUT2D eigenvalue weighted by molar-refractivity contribution is -0.122. The molecule has 5 nitrogen and oxygen atoms in total. The van der Waals surface area contributed by atoms with E-state index in [9.17, 15) is 18.4 Å². The van der Waals surface area contributed by atoms with Crippen molar-refractivity contribution in [1.29, 1.82) is 0 Å². The van der Waals surface area contributed by atoms with Crippen molar-refractivity contribution in [3.05, 3.63) is 24.3 Å². The van der Waals surface area contributed by atoms with Crippen LogP contribution in [0.3, 0.4) is 0 Å². The van der Waals surface area contributed by atoms with E-state index in [0.29, 0.717) is 40.0 Å². The highest BCUT2D eigenvalue weighted by Gasteiger charge is 2.31. The summed E-state index contributed by atoms with van der Waals surface area (Å²) in [7, 11) is 0. The number of carbonyl (C=O) groups excluding carboxylic acids is 2. The number of benzene rings is 1. The summed E-state index contributed by atoms with van der Waals surface area (Å²) in [5, 5.41) is 5.37. The summed E-state index contributed by atoms with van der Waals surface area (Å²) >= 11 is 1.69. The first kappa shape index (κ1) is 19.7. The van der Waals surface area contributed by atoms with Crippen LogP contribution in [0.1, 0.15) is 20.3 Å². The molecule has 2 amide bonds. The average molecular weight is 387 g/mol. The Labute approximate surface area is 153 Å². The van der Waals surface area contributed by atoms with Crippen molar-refractivity contribution < 1.29 is 18.4 Å². The quantitative estimate of drug-likeness (QED) is 0.702. The van der Waals surface area contributed by atoms with Gasteiger partial charge in [-0.25, -0.2) is 0 Å². The molecule has 0 saturated carbocycles. The van der Waals surface area contributed by atoms with E-state index in [0.717, 1.165) is 0 Å². The van der Waals surface area contributed by atoms with E-state index in [1.54, 1.807) is 12.1 Å². The van der Waals surface area contributed by atoms with Crippen molar-refractivity contribution >= 4 is 46.2 Å². The summed E-state index contributed by atoms with van der Waals surface area (Å²) in [6.45, 7) is 4.67. The number of nitrogens with zero attached hydrogens (tertiary/aromatic N) is 1. The van der Waals surface area contributed by atoms with Crippen LogP contribution < -0.4 is 10.6 Å². The van der Waals surface area contributed by atoms with Crippen LogP contribution in [0.25, 0.3) is 0 Å². The SMILES string of the molecule is CC(C)CN=C1NC(=O)[C@@H](CC(=O)Nc2ccc(SC(F)F)cc2)S1. The molecule has 1 aromatic carbocycles. The number of carbonyl (C=O) groups is 2. The van der Waals surface area contributed by atoms with E-state index in [2.05, 4.69) is 15.6 Å². The Bertz CT molecular complexity index is 651. The largest absolute Gasteiger partial charge is 0.326 e. The van der Waals surface area contributed by atoms with E-state index < -0.39 is 11.0 Å². The molecule has 1 fully saturated rings. The van der Waals surface area contributed by atoms with Crippen LogP contribution in [0.5, 0.6) is 0 Å². The number of anilines is 1. The van der Waals surface area contributed by atoms with E-state index in [-0.39, 0.29) is 18.2 Å². The fraction of sp³-hybridized carbons (Fsp3) is 0.438. The number of hydrogen-bond acceptors (Lipinski definition) is 5. The number of amides is 2. The zero-order valence-electron chi connectivity index (χ0n) is 13.8. The Balaban J connectivity index is 1.85. The Morgan fingerprint density at radius 2 is 2.04 bits per heavy atom. The minimum Gasteiger partial charge on any atom is -0.326 e. The number of alkyl halides is 2. The zero-order chi connectivity index (χ0) is 18.4. The Morgan fingerprint density at radius 3 is 2.64 bits per heavy atom. The summed E-state index contributed by atoms with van der Waals surface area (Å²) in [6, 6.07) is 6.14. The van der Waals surface area contributed by atoms with Crippen LogP contribution in [0.2, 0.25) is 0 Å². The van der Waals surface area contributed by atoms with Gasteiger partial charge in [-0.05, 0) is 30.2 Å². The molecule has 0 radical (unpaired) electrons. The molecule has 1 heterocycles. The molecule has 2 rings (SSSR count). The van der Waals surface area contributed by atoms with Gasteiger partial charge in [-0.3, -0.25) is 14.6 Å². The van der Waals surface area contributed by atoms with Gasteiger partial charge in [-0.15, -0.1) is 0 Å². The molecule has 0 spiro atoms. The van der Waals surface area contributed by atoms with Crippen molar-refractivity contribution in [2.75, 3.05) is 11.9 Å². The van der Waals surface area contributed by atoms with Crippen molar-refractivity contribution in [1.82, 2.24) is 5.32 Å². The molecule has 1 aliphatic rings. The van der Waals surface area contributed by atoms with Crippen LogP contribution in [-0.2, 0) is 9.59 Å². The Hall–Kier alpha value is -1.61. The van der Waals surface area contributed by atoms with Gasteiger partial charge < -0.3 is 10.6 Å². The minimum absolute atomic E-state index is 0.0186. The van der Waals surface area contributed by atoms with Gasteiger partial charge in [0.1, 0.15) is 5.25 Å². The van der Waals surface area contributed by atoms with E-state index in [1.807, 2.05) is 13.8 Å². The Morgan fingerprint density at radius 1 is 1.36 bits per heavy atom. The summed E-state index contributed by atoms with van der Waals surface area (Å²) in [4.78, 5) is 28.7. The number of hydrogen-bond donors (Lipinski definition) is 2. The molecule has 136 valence electrons. The maximum atomic E-state index is 12.3. The average Bonchev–Trinajstić information content (AvgIpc) is 2.87. The van der Waals surface area contributed by atoms with Crippen molar-refractivity contribution in [3.63, 3.8) is 0 Å². The van der Waals surface area contributed by atoms with Gasteiger partial charge in [0.05, 0.1) is 0 Å². The fourth-order valence-corrected chi connectivity index (χ4v) is 3.46. The number of halogens is 2. The van der Waals surface area contributed by atoms with Gasteiger partial charge in [0.25, 0.3) is 5.76 Å². The molecule has 2 N–H and O–H groups in total. The smallest absolute Gasteiger partial charge is 0.288 e. The first-order valence-electron chi connectivity index (χ1n) is 7.70. The summed E-state index contributed by atoms with van der Waals surface area (Å²) in [5.74, 6) is -2.64. The highest BCUT2D eigenvalue weighted by atomic mass is 32.2. The first-order chi connectivity index (χ1) is 11.8. The molecule has 1 saturated heterocycles. The normalized spacial score (nSPS) is 18.9. The molecule has 1 aliphatic heterocycles. The Kier molecular flexibility index (Phi) is 7.24. The maximum Gasteiger partial charge on any atom is 0.288 e.